The first kappa shape index (κ1) is 23.2. The number of nitrogens with one attached hydrogen (secondary N) is 1. The van der Waals surface area contributed by atoms with E-state index in [0.29, 0.717) is 25.0 Å². The minimum absolute atomic E-state index is 0.0823. The highest BCUT2D eigenvalue weighted by atomic mass is 19.3. The van der Waals surface area contributed by atoms with Crippen LogP contribution in [-0.2, 0) is 0 Å². The summed E-state index contributed by atoms with van der Waals surface area (Å²) in [6.07, 6.45) is 5.14. The second-order valence-electron chi connectivity index (χ2n) is 6.61. The van der Waals surface area contributed by atoms with Crippen molar-refractivity contribution in [3.05, 3.63) is 59.8 Å². The number of nitrogens with zero attached hydrogens (tertiary/aromatic N) is 2. The largest absolute Gasteiger partial charge is 0.433 e. The van der Waals surface area contributed by atoms with Gasteiger partial charge in [-0.15, -0.1) is 0 Å². The Labute approximate surface area is 176 Å². The fourth-order valence-electron chi connectivity index (χ4n) is 3.04. The first-order chi connectivity index (χ1) is 14.3. The monoisotopic (exact) mass is 414 g/mol. The summed E-state index contributed by atoms with van der Waals surface area (Å²) in [5.41, 5.74) is 10.5. The number of ether oxygens (including phenoxy) is 1. The Morgan fingerprint density at radius 2 is 1.97 bits per heavy atom. The maximum absolute atomic E-state index is 13.0. The molecule has 0 bridgehead atoms. The third-order valence-corrected chi connectivity index (χ3v) is 4.25. The number of anilines is 2. The topological polar surface area (TPSA) is 72.5 Å². The predicted molar refractivity (Wildman–Crippen MR) is 121 cm³/mol. The normalized spacial score (nSPS) is 13.0. The maximum atomic E-state index is 13.0. The number of benzene rings is 1. The van der Waals surface area contributed by atoms with Gasteiger partial charge in [-0.1, -0.05) is 19.1 Å². The molecule has 0 aliphatic carbocycles. The molecule has 3 N–H and O–H groups in total. The molecule has 7 heteroatoms. The molecule has 0 atom stereocenters. The van der Waals surface area contributed by atoms with Crippen LogP contribution in [0.1, 0.15) is 38.3 Å². The SMILES string of the molecule is C/C=C(\C=NC)c1ccnc(Nc2ccc(OC(C)(F)F)cc2)c1/C(=C/CC)CN. The molecule has 2 rings (SSSR count). The van der Waals surface area contributed by atoms with Gasteiger partial charge in [0, 0.05) is 44.2 Å². The van der Waals surface area contributed by atoms with E-state index < -0.39 is 6.11 Å². The van der Waals surface area contributed by atoms with Crippen molar-refractivity contribution in [3.8, 4) is 5.75 Å². The van der Waals surface area contributed by atoms with Gasteiger partial charge in [0.15, 0.2) is 0 Å². The lowest BCUT2D eigenvalue weighted by Crippen LogP contribution is -2.18. The lowest BCUT2D eigenvalue weighted by molar-refractivity contribution is -0.158. The molecule has 0 aliphatic rings. The van der Waals surface area contributed by atoms with E-state index in [1.54, 1.807) is 31.6 Å². The molecule has 0 saturated carbocycles. The third-order valence-electron chi connectivity index (χ3n) is 4.25. The average Bonchev–Trinajstić information content (AvgIpc) is 2.71. The van der Waals surface area contributed by atoms with Gasteiger partial charge in [-0.25, -0.2) is 4.98 Å². The summed E-state index contributed by atoms with van der Waals surface area (Å²) in [4.78, 5) is 8.66. The van der Waals surface area contributed by atoms with Crippen molar-refractivity contribution in [1.82, 2.24) is 4.98 Å². The Balaban J connectivity index is 2.50. The zero-order valence-corrected chi connectivity index (χ0v) is 17.7. The van der Waals surface area contributed by atoms with E-state index in [-0.39, 0.29) is 5.75 Å². The molecule has 1 aromatic heterocycles. The van der Waals surface area contributed by atoms with Crippen molar-refractivity contribution >= 4 is 28.9 Å². The van der Waals surface area contributed by atoms with E-state index in [9.17, 15) is 8.78 Å². The van der Waals surface area contributed by atoms with Crippen molar-refractivity contribution in [2.75, 3.05) is 18.9 Å². The van der Waals surface area contributed by atoms with Gasteiger partial charge in [0.1, 0.15) is 11.6 Å². The number of rotatable bonds is 9. The van der Waals surface area contributed by atoms with E-state index in [0.717, 1.165) is 28.7 Å². The van der Waals surface area contributed by atoms with Gasteiger partial charge < -0.3 is 15.8 Å². The summed E-state index contributed by atoms with van der Waals surface area (Å²) in [7, 11) is 1.72. The first-order valence-corrected chi connectivity index (χ1v) is 9.74. The number of alkyl halides is 2. The molecule has 0 unspecified atom stereocenters. The molecule has 5 nitrogen and oxygen atoms in total. The summed E-state index contributed by atoms with van der Waals surface area (Å²) in [6.45, 7) is 5.04. The fraction of sp³-hybridized carbons (Fsp3) is 0.304. The Kier molecular flexibility index (Phi) is 8.24. The Morgan fingerprint density at radius 3 is 2.50 bits per heavy atom. The first-order valence-electron chi connectivity index (χ1n) is 9.74. The van der Waals surface area contributed by atoms with Gasteiger partial charge in [-0.05, 0) is 60.4 Å². The summed E-state index contributed by atoms with van der Waals surface area (Å²) in [5.74, 6) is 0.704. The molecule has 1 heterocycles. The maximum Gasteiger partial charge on any atom is 0.394 e. The number of allylic oxidation sites excluding steroid dienone is 3. The summed E-state index contributed by atoms with van der Waals surface area (Å²) >= 11 is 0. The second-order valence-corrected chi connectivity index (χ2v) is 6.61. The van der Waals surface area contributed by atoms with E-state index in [4.69, 9.17) is 5.73 Å². The van der Waals surface area contributed by atoms with Crippen LogP contribution >= 0.6 is 0 Å². The third kappa shape index (κ3) is 6.22. The molecule has 0 aliphatic heterocycles. The van der Waals surface area contributed by atoms with Crippen LogP contribution in [0.3, 0.4) is 0 Å². The summed E-state index contributed by atoms with van der Waals surface area (Å²) in [6, 6.07) is 8.22. The van der Waals surface area contributed by atoms with Crippen LogP contribution in [0.25, 0.3) is 11.1 Å². The molecular formula is C23H28F2N4O. The smallest absolute Gasteiger partial charge is 0.394 e. The van der Waals surface area contributed by atoms with E-state index in [2.05, 4.69) is 26.1 Å². The summed E-state index contributed by atoms with van der Waals surface area (Å²) < 4.78 is 30.7. The zero-order valence-electron chi connectivity index (χ0n) is 17.7. The van der Waals surface area contributed by atoms with Crippen molar-refractivity contribution in [2.45, 2.75) is 33.3 Å². The molecule has 0 fully saturated rings. The summed E-state index contributed by atoms with van der Waals surface area (Å²) in [5, 5.41) is 3.27. The Hall–Kier alpha value is -3.06. The van der Waals surface area contributed by atoms with E-state index in [1.165, 1.54) is 12.1 Å². The number of hydrogen-bond acceptors (Lipinski definition) is 5. The highest BCUT2D eigenvalue weighted by molar-refractivity contribution is 6.12. The van der Waals surface area contributed by atoms with Gasteiger partial charge >= 0.3 is 6.11 Å². The second kappa shape index (κ2) is 10.6. The van der Waals surface area contributed by atoms with Crippen molar-refractivity contribution in [3.63, 3.8) is 0 Å². The van der Waals surface area contributed by atoms with Gasteiger partial charge in [0.25, 0.3) is 0 Å². The highest BCUT2D eigenvalue weighted by Gasteiger charge is 2.23. The number of halogens is 2. The molecule has 0 radical (unpaired) electrons. The fourth-order valence-corrected chi connectivity index (χ4v) is 3.04. The van der Waals surface area contributed by atoms with Gasteiger partial charge in [0.2, 0.25) is 0 Å². The number of aromatic nitrogens is 1. The van der Waals surface area contributed by atoms with Crippen LogP contribution in [0.2, 0.25) is 0 Å². The average molecular weight is 415 g/mol. The minimum atomic E-state index is -3.23. The van der Waals surface area contributed by atoms with Crippen LogP contribution < -0.4 is 15.8 Å². The molecule has 30 heavy (non-hydrogen) atoms. The molecule has 0 amide bonds. The van der Waals surface area contributed by atoms with Crippen molar-refractivity contribution < 1.29 is 13.5 Å². The van der Waals surface area contributed by atoms with Gasteiger partial charge in [-0.3, -0.25) is 4.99 Å². The number of pyridine rings is 1. The lowest BCUT2D eigenvalue weighted by atomic mass is 9.94. The van der Waals surface area contributed by atoms with Crippen LogP contribution in [0, 0.1) is 0 Å². The number of hydrogen-bond donors (Lipinski definition) is 2. The van der Waals surface area contributed by atoms with E-state index >= 15 is 0 Å². The molecule has 0 saturated heterocycles. The number of aliphatic imine (C=N–C) groups is 1. The molecule has 0 spiro atoms. The predicted octanol–water partition coefficient (Wildman–Crippen LogP) is 5.67. The quantitative estimate of drug-likeness (QED) is 0.518. The Morgan fingerprint density at radius 1 is 1.27 bits per heavy atom. The van der Waals surface area contributed by atoms with Gasteiger partial charge in [0.05, 0.1) is 0 Å². The Bertz CT molecular complexity index is 929. The van der Waals surface area contributed by atoms with Gasteiger partial charge in [-0.2, -0.15) is 8.78 Å². The van der Waals surface area contributed by atoms with Crippen LogP contribution in [0.15, 0.2) is 53.7 Å². The van der Waals surface area contributed by atoms with Crippen LogP contribution in [0.4, 0.5) is 20.3 Å². The molecule has 2 aromatic rings. The van der Waals surface area contributed by atoms with Crippen molar-refractivity contribution in [1.29, 1.82) is 0 Å². The highest BCUT2D eigenvalue weighted by Crippen LogP contribution is 2.32. The minimum Gasteiger partial charge on any atom is -0.433 e. The zero-order chi connectivity index (χ0) is 22.1. The molecule has 1 aromatic carbocycles. The standard InChI is InChI=1S/C23H28F2N4O/c1-5-7-17(14-26)21-20(16(6-2)15-27-4)12-13-28-22(21)29-18-8-10-19(11-9-18)30-23(3,24)25/h6-13,15H,5,14,26H2,1-4H3,(H,28,29)/b16-6+,17-7+,27-15?. The van der Waals surface area contributed by atoms with Crippen LogP contribution in [0.5, 0.6) is 5.75 Å². The molecular weight excluding hydrogens is 386 g/mol. The van der Waals surface area contributed by atoms with Crippen LogP contribution in [-0.4, -0.2) is 30.9 Å². The lowest BCUT2D eigenvalue weighted by Gasteiger charge is -2.18. The molecule has 160 valence electrons. The number of nitrogens with two attached hydrogens (primary N) is 1. The van der Waals surface area contributed by atoms with E-state index in [1.807, 2.05) is 26.0 Å². The van der Waals surface area contributed by atoms with Crippen molar-refractivity contribution in [2.24, 2.45) is 10.7 Å².